The van der Waals surface area contributed by atoms with Crippen LogP contribution in [0.1, 0.15) is 38.7 Å². The van der Waals surface area contributed by atoms with Crippen LogP contribution in [0, 0.1) is 0 Å². The van der Waals surface area contributed by atoms with Crippen LogP contribution in [-0.4, -0.2) is 25.0 Å². The van der Waals surface area contributed by atoms with E-state index in [0.717, 1.165) is 43.6 Å². The van der Waals surface area contributed by atoms with E-state index in [2.05, 4.69) is 30.1 Å². The van der Waals surface area contributed by atoms with Gasteiger partial charge >= 0.3 is 0 Å². The summed E-state index contributed by atoms with van der Waals surface area (Å²) < 4.78 is 0. The molecule has 1 amide bonds. The second-order valence-corrected chi connectivity index (χ2v) is 5.45. The first-order valence-electron chi connectivity index (χ1n) is 7.57. The molecule has 4 heteroatoms. The minimum Gasteiger partial charge on any atom is -0.398 e. The second-order valence-electron chi connectivity index (χ2n) is 5.45. The Balaban J connectivity index is 2.05. The number of rotatable bonds is 5. The highest BCUT2D eigenvalue weighted by Crippen LogP contribution is 2.30. The van der Waals surface area contributed by atoms with Crippen molar-refractivity contribution in [3.63, 3.8) is 0 Å². The van der Waals surface area contributed by atoms with Crippen LogP contribution in [-0.2, 0) is 11.2 Å². The standard InChI is InChI=1S/C16H25N3O/c1-3-12(4-2)18-16(20)11-19-10-6-7-13-14(17)8-5-9-15(13)19/h5,8-9,12H,3-4,6-7,10-11,17H2,1-2H3,(H,18,20). The molecule has 3 N–H and O–H groups in total. The monoisotopic (exact) mass is 275 g/mol. The summed E-state index contributed by atoms with van der Waals surface area (Å²) in [5, 5.41) is 3.10. The van der Waals surface area contributed by atoms with Gasteiger partial charge in [-0.25, -0.2) is 0 Å². The third kappa shape index (κ3) is 3.24. The van der Waals surface area contributed by atoms with Crippen molar-refractivity contribution < 1.29 is 4.79 Å². The number of fused-ring (bicyclic) bond motifs is 1. The van der Waals surface area contributed by atoms with E-state index in [-0.39, 0.29) is 11.9 Å². The van der Waals surface area contributed by atoms with Gasteiger partial charge in [-0.1, -0.05) is 19.9 Å². The van der Waals surface area contributed by atoms with Crippen LogP contribution in [0.5, 0.6) is 0 Å². The summed E-state index contributed by atoms with van der Waals surface area (Å²) in [6, 6.07) is 6.25. The largest absolute Gasteiger partial charge is 0.398 e. The SMILES string of the molecule is CCC(CC)NC(=O)CN1CCCc2c(N)cccc21. The molecule has 0 aliphatic carbocycles. The number of anilines is 2. The summed E-state index contributed by atoms with van der Waals surface area (Å²) in [5.41, 5.74) is 9.18. The summed E-state index contributed by atoms with van der Waals surface area (Å²) in [5.74, 6) is 0.106. The molecule has 1 heterocycles. The average Bonchev–Trinajstić information content (AvgIpc) is 2.46. The highest BCUT2D eigenvalue weighted by Gasteiger charge is 2.21. The molecule has 0 radical (unpaired) electrons. The summed E-state index contributed by atoms with van der Waals surface area (Å²) in [6.07, 6.45) is 4.02. The van der Waals surface area contributed by atoms with Gasteiger partial charge in [-0.05, 0) is 43.4 Å². The lowest BCUT2D eigenvalue weighted by Gasteiger charge is -2.32. The van der Waals surface area contributed by atoms with Gasteiger partial charge in [-0.15, -0.1) is 0 Å². The minimum atomic E-state index is 0.106. The Bertz CT molecular complexity index is 469. The fraction of sp³-hybridized carbons (Fsp3) is 0.562. The van der Waals surface area contributed by atoms with Crippen LogP contribution in [0.4, 0.5) is 11.4 Å². The van der Waals surface area contributed by atoms with Gasteiger partial charge in [0.2, 0.25) is 5.91 Å². The number of nitrogens with zero attached hydrogens (tertiary/aromatic N) is 1. The number of nitrogens with two attached hydrogens (primary N) is 1. The lowest BCUT2D eigenvalue weighted by molar-refractivity contribution is -0.120. The van der Waals surface area contributed by atoms with Crippen molar-refractivity contribution in [2.45, 2.75) is 45.6 Å². The smallest absolute Gasteiger partial charge is 0.239 e. The molecule has 1 aromatic rings. The molecular weight excluding hydrogens is 250 g/mol. The van der Waals surface area contributed by atoms with E-state index in [0.29, 0.717) is 6.54 Å². The van der Waals surface area contributed by atoms with E-state index < -0.39 is 0 Å². The first kappa shape index (κ1) is 14.7. The Kier molecular flexibility index (Phi) is 4.88. The molecule has 0 fully saturated rings. The highest BCUT2D eigenvalue weighted by atomic mass is 16.2. The lowest BCUT2D eigenvalue weighted by atomic mass is 10.00. The zero-order valence-electron chi connectivity index (χ0n) is 12.5. The van der Waals surface area contributed by atoms with Crippen molar-refractivity contribution in [2.75, 3.05) is 23.7 Å². The predicted octanol–water partition coefficient (Wildman–Crippen LogP) is 2.33. The Morgan fingerprint density at radius 1 is 1.40 bits per heavy atom. The Morgan fingerprint density at radius 2 is 2.15 bits per heavy atom. The maximum absolute atomic E-state index is 12.2. The van der Waals surface area contributed by atoms with Gasteiger partial charge in [0.25, 0.3) is 0 Å². The van der Waals surface area contributed by atoms with E-state index in [1.54, 1.807) is 0 Å². The third-order valence-electron chi connectivity index (χ3n) is 4.07. The number of carbonyl (C=O) groups is 1. The van der Waals surface area contributed by atoms with Crippen molar-refractivity contribution in [2.24, 2.45) is 0 Å². The molecule has 20 heavy (non-hydrogen) atoms. The molecule has 0 bridgehead atoms. The van der Waals surface area contributed by atoms with Crippen molar-refractivity contribution in [3.05, 3.63) is 23.8 Å². The van der Waals surface area contributed by atoms with Crippen LogP contribution >= 0.6 is 0 Å². The lowest BCUT2D eigenvalue weighted by Crippen LogP contribution is -2.43. The summed E-state index contributed by atoms with van der Waals surface area (Å²) in [7, 11) is 0. The van der Waals surface area contributed by atoms with Gasteiger partial charge in [0.15, 0.2) is 0 Å². The number of hydrogen-bond donors (Lipinski definition) is 2. The van der Waals surface area contributed by atoms with Crippen molar-refractivity contribution in [1.82, 2.24) is 5.32 Å². The van der Waals surface area contributed by atoms with E-state index in [1.807, 2.05) is 12.1 Å². The molecule has 0 unspecified atom stereocenters. The van der Waals surface area contributed by atoms with E-state index in [1.165, 1.54) is 5.56 Å². The molecule has 1 aliphatic heterocycles. The van der Waals surface area contributed by atoms with Crippen LogP contribution in [0.2, 0.25) is 0 Å². The highest BCUT2D eigenvalue weighted by molar-refractivity contribution is 5.82. The number of nitrogens with one attached hydrogen (secondary N) is 1. The van der Waals surface area contributed by atoms with Crippen LogP contribution in [0.15, 0.2) is 18.2 Å². The maximum atomic E-state index is 12.2. The molecule has 0 aromatic heterocycles. The number of hydrogen-bond acceptors (Lipinski definition) is 3. The van der Waals surface area contributed by atoms with E-state index in [9.17, 15) is 4.79 Å². The average molecular weight is 275 g/mol. The van der Waals surface area contributed by atoms with Crippen LogP contribution < -0.4 is 16.0 Å². The molecule has 4 nitrogen and oxygen atoms in total. The molecule has 1 aromatic carbocycles. The summed E-state index contributed by atoms with van der Waals surface area (Å²) in [4.78, 5) is 14.3. The Morgan fingerprint density at radius 3 is 2.85 bits per heavy atom. The quantitative estimate of drug-likeness (QED) is 0.811. The van der Waals surface area contributed by atoms with E-state index >= 15 is 0 Å². The van der Waals surface area contributed by atoms with Crippen molar-refractivity contribution >= 4 is 17.3 Å². The van der Waals surface area contributed by atoms with Gasteiger partial charge in [-0.3, -0.25) is 4.79 Å². The molecule has 110 valence electrons. The van der Waals surface area contributed by atoms with Crippen LogP contribution in [0.3, 0.4) is 0 Å². The van der Waals surface area contributed by atoms with Gasteiger partial charge in [-0.2, -0.15) is 0 Å². The van der Waals surface area contributed by atoms with Crippen LogP contribution in [0.25, 0.3) is 0 Å². The molecule has 0 atom stereocenters. The molecule has 1 aliphatic rings. The van der Waals surface area contributed by atoms with Gasteiger partial charge in [0.1, 0.15) is 0 Å². The first-order valence-corrected chi connectivity index (χ1v) is 7.57. The number of nitrogen functional groups attached to an aromatic ring is 1. The molecule has 0 saturated carbocycles. The second kappa shape index (κ2) is 6.64. The Labute approximate surface area is 121 Å². The normalized spacial score (nSPS) is 14.2. The first-order chi connectivity index (χ1) is 9.65. The maximum Gasteiger partial charge on any atom is 0.239 e. The third-order valence-corrected chi connectivity index (χ3v) is 4.07. The van der Waals surface area contributed by atoms with Gasteiger partial charge < -0.3 is 16.0 Å². The molecule has 0 saturated heterocycles. The fourth-order valence-corrected chi connectivity index (χ4v) is 2.83. The minimum absolute atomic E-state index is 0.106. The van der Waals surface area contributed by atoms with Crippen molar-refractivity contribution in [3.8, 4) is 0 Å². The fourth-order valence-electron chi connectivity index (χ4n) is 2.83. The Hall–Kier alpha value is -1.71. The van der Waals surface area contributed by atoms with Gasteiger partial charge in [0.05, 0.1) is 6.54 Å². The predicted molar refractivity (Wildman–Crippen MR) is 83.9 cm³/mol. The number of benzene rings is 1. The topological polar surface area (TPSA) is 58.4 Å². The van der Waals surface area contributed by atoms with Crippen molar-refractivity contribution in [1.29, 1.82) is 0 Å². The molecular formula is C16H25N3O. The zero-order chi connectivity index (χ0) is 14.5. The molecule has 0 spiro atoms. The van der Waals surface area contributed by atoms with Gasteiger partial charge in [0, 0.05) is 24.0 Å². The number of carbonyl (C=O) groups excluding carboxylic acids is 1. The summed E-state index contributed by atoms with van der Waals surface area (Å²) in [6.45, 7) is 5.55. The number of amides is 1. The zero-order valence-corrected chi connectivity index (χ0v) is 12.5. The van der Waals surface area contributed by atoms with E-state index in [4.69, 9.17) is 5.73 Å². The molecule has 2 rings (SSSR count). The summed E-state index contributed by atoms with van der Waals surface area (Å²) >= 11 is 0.